The quantitative estimate of drug-likeness (QED) is 0.526. The molecule has 1 heterocycles. The molecule has 0 atom stereocenters. The molecule has 0 radical (unpaired) electrons. The fourth-order valence-electron chi connectivity index (χ4n) is 0.959. The van der Waals surface area contributed by atoms with Crippen molar-refractivity contribution < 1.29 is 4.92 Å². The molecule has 1 rings (SSSR count). The van der Waals surface area contributed by atoms with Crippen molar-refractivity contribution in [2.45, 2.75) is 13.3 Å². The van der Waals surface area contributed by atoms with Gasteiger partial charge in [-0.3, -0.25) is 15.1 Å². The smallest absolute Gasteiger partial charge is 0.258 e. The molecule has 0 spiro atoms. The highest BCUT2D eigenvalue weighted by Crippen LogP contribution is 2.24. The van der Waals surface area contributed by atoms with Crippen LogP contribution in [0.3, 0.4) is 0 Å². The Hall–Kier alpha value is -1.16. The lowest BCUT2D eigenvalue weighted by Gasteiger charge is -1.99. The van der Waals surface area contributed by atoms with E-state index in [1.54, 1.807) is 0 Å². The minimum Gasteiger partial charge on any atom is -0.258 e. The first kappa shape index (κ1) is 8.93. The number of rotatable bonds is 2. The van der Waals surface area contributed by atoms with E-state index in [2.05, 4.69) is 4.98 Å². The second-order valence-electron chi connectivity index (χ2n) is 2.23. The third-order valence-electron chi connectivity index (χ3n) is 1.53. The molecule has 0 unspecified atom stereocenters. The summed E-state index contributed by atoms with van der Waals surface area (Å²) >= 11 is 5.71. The van der Waals surface area contributed by atoms with E-state index >= 15 is 0 Å². The van der Waals surface area contributed by atoms with E-state index in [1.165, 1.54) is 12.4 Å². The lowest BCUT2D eigenvalue weighted by molar-refractivity contribution is -0.385. The molecule has 0 saturated heterocycles. The Kier molecular flexibility index (Phi) is 2.60. The van der Waals surface area contributed by atoms with Crippen LogP contribution in [0.1, 0.15) is 12.5 Å². The summed E-state index contributed by atoms with van der Waals surface area (Å²) in [6.45, 7) is 1.81. The fraction of sp³-hybridized carbons (Fsp3) is 0.286. The van der Waals surface area contributed by atoms with Crippen LogP contribution in [0.4, 0.5) is 5.69 Å². The maximum atomic E-state index is 10.4. The molecule has 0 aliphatic heterocycles. The number of hydrogen-bond acceptors (Lipinski definition) is 3. The van der Waals surface area contributed by atoms with Crippen LogP contribution in [0.25, 0.3) is 0 Å². The number of nitro groups is 1. The minimum absolute atomic E-state index is 0.00926. The summed E-state index contributed by atoms with van der Waals surface area (Å²) in [6.07, 6.45) is 3.16. The Morgan fingerprint density at radius 1 is 1.67 bits per heavy atom. The van der Waals surface area contributed by atoms with Crippen molar-refractivity contribution in [1.82, 2.24) is 4.98 Å². The molecule has 0 bridgehead atoms. The van der Waals surface area contributed by atoms with Crippen molar-refractivity contribution >= 4 is 17.3 Å². The number of halogens is 1. The number of pyridine rings is 1. The van der Waals surface area contributed by atoms with Gasteiger partial charge in [-0.15, -0.1) is 0 Å². The molecule has 5 heteroatoms. The Bertz CT molecular complexity index is 314. The summed E-state index contributed by atoms with van der Waals surface area (Å²) < 4.78 is 0. The lowest BCUT2D eigenvalue weighted by atomic mass is 10.2. The van der Waals surface area contributed by atoms with Crippen molar-refractivity contribution in [2.24, 2.45) is 0 Å². The molecule has 0 amide bonds. The third-order valence-corrected chi connectivity index (χ3v) is 1.86. The molecular formula is C7H7ClN2O2. The molecule has 0 aliphatic rings. The average Bonchev–Trinajstić information content (AvgIpc) is 2.03. The van der Waals surface area contributed by atoms with Gasteiger partial charge in [-0.25, -0.2) is 0 Å². The topological polar surface area (TPSA) is 56.0 Å². The average molecular weight is 187 g/mol. The molecular weight excluding hydrogens is 180 g/mol. The zero-order valence-corrected chi connectivity index (χ0v) is 7.21. The van der Waals surface area contributed by atoms with E-state index in [-0.39, 0.29) is 5.69 Å². The van der Waals surface area contributed by atoms with Crippen LogP contribution >= 0.6 is 11.6 Å². The van der Waals surface area contributed by atoms with E-state index in [0.717, 1.165) is 0 Å². The first-order valence-electron chi connectivity index (χ1n) is 3.43. The third kappa shape index (κ3) is 1.53. The van der Waals surface area contributed by atoms with Crippen molar-refractivity contribution in [3.8, 4) is 0 Å². The molecule has 1 aromatic rings. The molecule has 0 fully saturated rings. The fourth-order valence-corrected chi connectivity index (χ4v) is 1.25. The van der Waals surface area contributed by atoms with E-state index in [9.17, 15) is 10.1 Å². The maximum absolute atomic E-state index is 10.4. The second kappa shape index (κ2) is 3.49. The summed E-state index contributed by atoms with van der Waals surface area (Å²) in [7, 11) is 0. The maximum Gasteiger partial charge on any atom is 0.292 e. The summed E-state index contributed by atoms with van der Waals surface area (Å²) in [5.41, 5.74) is 0.529. The van der Waals surface area contributed by atoms with Gasteiger partial charge in [0.1, 0.15) is 6.20 Å². The number of nitrogens with zero attached hydrogens (tertiary/aromatic N) is 2. The Balaban J connectivity index is 3.27. The Morgan fingerprint density at radius 3 is 2.75 bits per heavy atom. The Labute approximate surface area is 74.3 Å². The minimum atomic E-state index is -0.474. The first-order valence-corrected chi connectivity index (χ1v) is 3.81. The van der Waals surface area contributed by atoms with Crippen LogP contribution in [0, 0.1) is 10.1 Å². The van der Waals surface area contributed by atoms with Crippen LogP contribution in [0.2, 0.25) is 5.02 Å². The standard InChI is InChI=1S/C7H7ClN2O2/c1-2-5-6(8)3-9-4-7(5)10(11)12/h3-4H,2H2,1H3. The van der Waals surface area contributed by atoms with Crippen LogP contribution in [-0.2, 0) is 6.42 Å². The van der Waals surface area contributed by atoms with E-state index < -0.39 is 4.92 Å². The van der Waals surface area contributed by atoms with Crippen LogP contribution < -0.4 is 0 Å². The van der Waals surface area contributed by atoms with Gasteiger partial charge in [0.15, 0.2) is 0 Å². The van der Waals surface area contributed by atoms with Crippen LogP contribution in [-0.4, -0.2) is 9.91 Å². The monoisotopic (exact) mass is 186 g/mol. The summed E-state index contributed by atoms with van der Waals surface area (Å²) in [5.74, 6) is 0. The zero-order valence-electron chi connectivity index (χ0n) is 6.45. The van der Waals surface area contributed by atoms with Gasteiger partial charge in [0.25, 0.3) is 5.69 Å². The molecule has 12 heavy (non-hydrogen) atoms. The van der Waals surface area contributed by atoms with Gasteiger partial charge in [-0.1, -0.05) is 18.5 Å². The van der Waals surface area contributed by atoms with Gasteiger partial charge >= 0.3 is 0 Å². The summed E-state index contributed by atoms with van der Waals surface area (Å²) in [6, 6.07) is 0. The zero-order chi connectivity index (χ0) is 9.14. The summed E-state index contributed by atoms with van der Waals surface area (Å²) in [5, 5.41) is 10.8. The van der Waals surface area contributed by atoms with Gasteiger partial charge in [0, 0.05) is 6.20 Å². The van der Waals surface area contributed by atoms with Gasteiger partial charge in [-0.05, 0) is 6.42 Å². The lowest BCUT2D eigenvalue weighted by Crippen LogP contribution is -1.95. The van der Waals surface area contributed by atoms with Gasteiger partial charge in [-0.2, -0.15) is 0 Å². The van der Waals surface area contributed by atoms with Crippen molar-refractivity contribution in [1.29, 1.82) is 0 Å². The molecule has 0 saturated carbocycles. The second-order valence-corrected chi connectivity index (χ2v) is 2.64. The number of aromatic nitrogens is 1. The highest BCUT2D eigenvalue weighted by molar-refractivity contribution is 6.31. The van der Waals surface area contributed by atoms with Gasteiger partial charge in [0.05, 0.1) is 15.5 Å². The van der Waals surface area contributed by atoms with E-state index in [4.69, 9.17) is 11.6 Å². The highest BCUT2D eigenvalue weighted by Gasteiger charge is 2.14. The molecule has 64 valence electrons. The summed E-state index contributed by atoms with van der Waals surface area (Å²) in [4.78, 5) is 13.6. The Morgan fingerprint density at radius 2 is 2.33 bits per heavy atom. The van der Waals surface area contributed by atoms with Crippen LogP contribution in [0.15, 0.2) is 12.4 Å². The van der Waals surface area contributed by atoms with Crippen molar-refractivity contribution in [3.05, 3.63) is 33.1 Å². The molecule has 0 aliphatic carbocycles. The van der Waals surface area contributed by atoms with Gasteiger partial charge < -0.3 is 0 Å². The SMILES string of the molecule is CCc1c(Cl)cncc1[N+](=O)[O-]. The largest absolute Gasteiger partial charge is 0.292 e. The van der Waals surface area contributed by atoms with Crippen molar-refractivity contribution in [2.75, 3.05) is 0 Å². The molecule has 1 aromatic heterocycles. The predicted molar refractivity (Wildman–Crippen MR) is 45.3 cm³/mol. The van der Waals surface area contributed by atoms with Crippen LogP contribution in [0.5, 0.6) is 0 Å². The molecule has 0 aromatic carbocycles. The molecule has 4 nitrogen and oxygen atoms in total. The molecule has 0 N–H and O–H groups in total. The first-order chi connectivity index (χ1) is 5.66. The number of hydrogen-bond donors (Lipinski definition) is 0. The van der Waals surface area contributed by atoms with E-state index in [0.29, 0.717) is 17.0 Å². The normalized spacial score (nSPS) is 9.83. The predicted octanol–water partition coefficient (Wildman–Crippen LogP) is 2.21. The van der Waals surface area contributed by atoms with E-state index in [1.807, 2.05) is 6.92 Å². The van der Waals surface area contributed by atoms with Gasteiger partial charge in [0.2, 0.25) is 0 Å². The highest BCUT2D eigenvalue weighted by atomic mass is 35.5. The van der Waals surface area contributed by atoms with Crippen molar-refractivity contribution in [3.63, 3.8) is 0 Å².